The van der Waals surface area contributed by atoms with Crippen molar-refractivity contribution in [3.63, 3.8) is 0 Å². The van der Waals surface area contributed by atoms with Gasteiger partial charge in [0.15, 0.2) is 0 Å². The molecule has 0 radical (unpaired) electrons. The second-order valence-electron chi connectivity index (χ2n) is 6.57. The maximum Gasteiger partial charge on any atom is 0.0807 e. The van der Waals surface area contributed by atoms with Crippen molar-refractivity contribution in [2.75, 3.05) is 13.1 Å². The van der Waals surface area contributed by atoms with Crippen LogP contribution in [-0.2, 0) is 6.42 Å². The molecule has 3 heterocycles. The second kappa shape index (κ2) is 4.35. The fourth-order valence-corrected chi connectivity index (χ4v) is 4.72. The number of aryl methyl sites for hydroxylation is 1. The molecule has 3 atom stereocenters. The van der Waals surface area contributed by atoms with Crippen LogP contribution in [-0.4, -0.2) is 33.7 Å². The van der Waals surface area contributed by atoms with Crippen molar-refractivity contribution in [2.24, 2.45) is 0 Å². The summed E-state index contributed by atoms with van der Waals surface area (Å²) in [6.45, 7) is 4.79. The van der Waals surface area contributed by atoms with Crippen molar-refractivity contribution in [2.45, 2.75) is 63.6 Å². The molecule has 1 N–H and O–H groups in total. The number of fused-ring (bicyclic) bond motifs is 2. The fraction of sp³-hybridized carbons (Fsp3) is 0.750. The van der Waals surface area contributed by atoms with Gasteiger partial charge in [-0.1, -0.05) is 0 Å². The largest absolute Gasteiger partial charge is 0.388 e. The number of hydrogen-bond acceptors (Lipinski definition) is 2. The maximum absolute atomic E-state index is 10.2. The highest BCUT2D eigenvalue weighted by molar-refractivity contribution is 5.33. The minimum absolute atomic E-state index is 0.218. The minimum atomic E-state index is -0.218. The van der Waals surface area contributed by atoms with Gasteiger partial charge >= 0.3 is 0 Å². The molecule has 2 fully saturated rings. The quantitative estimate of drug-likeness (QED) is 0.840. The Morgan fingerprint density at radius 3 is 2.89 bits per heavy atom. The van der Waals surface area contributed by atoms with E-state index < -0.39 is 0 Å². The van der Waals surface area contributed by atoms with Crippen molar-refractivity contribution in [1.29, 1.82) is 0 Å². The molecule has 0 saturated carbocycles. The summed E-state index contributed by atoms with van der Waals surface area (Å²) < 4.78 is 2.59. The molecule has 1 aromatic heterocycles. The van der Waals surface area contributed by atoms with E-state index in [1.807, 2.05) is 0 Å². The number of aliphatic hydroxyl groups excluding tert-OH is 1. The lowest BCUT2D eigenvalue weighted by molar-refractivity contribution is 0.155. The zero-order valence-electron chi connectivity index (χ0n) is 11.8. The van der Waals surface area contributed by atoms with Crippen LogP contribution in [0.15, 0.2) is 6.07 Å². The average molecular weight is 260 g/mol. The normalized spacial score (nSPS) is 34.5. The third kappa shape index (κ3) is 1.71. The average Bonchev–Trinajstić information content (AvgIpc) is 3.03. The van der Waals surface area contributed by atoms with Crippen molar-refractivity contribution in [1.82, 2.24) is 9.47 Å². The van der Waals surface area contributed by atoms with E-state index in [1.54, 1.807) is 0 Å². The van der Waals surface area contributed by atoms with Gasteiger partial charge in [0, 0.05) is 29.5 Å². The van der Waals surface area contributed by atoms with E-state index in [9.17, 15) is 5.11 Å². The van der Waals surface area contributed by atoms with Gasteiger partial charge in [0.1, 0.15) is 0 Å². The Hall–Kier alpha value is -0.800. The van der Waals surface area contributed by atoms with Crippen LogP contribution in [0.1, 0.15) is 61.2 Å². The highest BCUT2D eigenvalue weighted by atomic mass is 16.3. The molecule has 0 bridgehead atoms. The zero-order chi connectivity index (χ0) is 13.0. The van der Waals surface area contributed by atoms with E-state index >= 15 is 0 Å². The number of hydrogen-bond donors (Lipinski definition) is 1. The van der Waals surface area contributed by atoms with E-state index in [0.29, 0.717) is 6.04 Å². The van der Waals surface area contributed by atoms with Crippen molar-refractivity contribution >= 4 is 0 Å². The molecule has 3 unspecified atom stereocenters. The first kappa shape index (κ1) is 12.0. The minimum Gasteiger partial charge on any atom is -0.388 e. The Balaban J connectivity index is 1.75. The number of aromatic nitrogens is 1. The number of nitrogens with zero attached hydrogens (tertiary/aromatic N) is 2. The van der Waals surface area contributed by atoms with Crippen molar-refractivity contribution in [3.8, 4) is 0 Å². The Morgan fingerprint density at radius 1 is 1.11 bits per heavy atom. The van der Waals surface area contributed by atoms with Gasteiger partial charge in [-0.2, -0.15) is 0 Å². The third-order valence-corrected chi connectivity index (χ3v) is 5.52. The van der Waals surface area contributed by atoms with Gasteiger partial charge in [-0.15, -0.1) is 0 Å². The summed E-state index contributed by atoms with van der Waals surface area (Å²) >= 11 is 0. The van der Waals surface area contributed by atoms with E-state index in [-0.39, 0.29) is 6.10 Å². The Morgan fingerprint density at radius 2 is 2.00 bits per heavy atom. The first-order valence-corrected chi connectivity index (χ1v) is 7.88. The lowest BCUT2D eigenvalue weighted by Crippen LogP contribution is -2.29. The molecule has 0 amide bonds. The topological polar surface area (TPSA) is 28.4 Å². The Kier molecular flexibility index (Phi) is 2.75. The van der Waals surface area contributed by atoms with Crippen molar-refractivity contribution in [3.05, 3.63) is 23.0 Å². The molecule has 3 nitrogen and oxygen atoms in total. The molecule has 4 rings (SSSR count). The van der Waals surface area contributed by atoms with Gasteiger partial charge in [-0.25, -0.2) is 0 Å². The third-order valence-electron chi connectivity index (χ3n) is 5.52. The molecular weight excluding hydrogens is 236 g/mol. The lowest BCUT2D eigenvalue weighted by Gasteiger charge is -2.27. The summed E-state index contributed by atoms with van der Waals surface area (Å²) in [5.41, 5.74) is 4.03. The summed E-state index contributed by atoms with van der Waals surface area (Å²) in [7, 11) is 0. The molecule has 3 heteroatoms. The summed E-state index contributed by atoms with van der Waals surface area (Å²) in [5.74, 6) is 0. The standard InChI is InChI=1S/C16H24N2O/c1-11-10-12-13(4-2-6-16(12)19)18(11)15-7-9-17-8-3-5-14(15)17/h10,14-16,19H,2-9H2,1H3. The lowest BCUT2D eigenvalue weighted by atomic mass is 9.94. The highest BCUT2D eigenvalue weighted by Gasteiger charge is 2.40. The van der Waals surface area contributed by atoms with Crippen LogP contribution in [0.4, 0.5) is 0 Å². The monoisotopic (exact) mass is 260 g/mol. The van der Waals surface area contributed by atoms with E-state index in [2.05, 4.69) is 22.5 Å². The van der Waals surface area contributed by atoms with Gasteiger partial charge in [0.2, 0.25) is 0 Å². The van der Waals surface area contributed by atoms with Crippen LogP contribution >= 0.6 is 0 Å². The van der Waals surface area contributed by atoms with E-state index in [1.165, 1.54) is 49.3 Å². The predicted octanol–water partition coefficient (Wildman–Crippen LogP) is 2.58. The summed E-state index contributed by atoms with van der Waals surface area (Å²) in [5, 5.41) is 10.2. The zero-order valence-corrected chi connectivity index (χ0v) is 11.8. The molecule has 3 aliphatic rings. The van der Waals surface area contributed by atoms with E-state index in [0.717, 1.165) is 25.3 Å². The van der Waals surface area contributed by atoms with Gasteiger partial charge in [-0.3, -0.25) is 4.90 Å². The predicted molar refractivity (Wildman–Crippen MR) is 75.3 cm³/mol. The second-order valence-corrected chi connectivity index (χ2v) is 6.57. The molecule has 2 saturated heterocycles. The molecule has 0 spiro atoms. The molecule has 104 valence electrons. The first-order chi connectivity index (χ1) is 9.25. The SMILES string of the molecule is Cc1cc2c(n1C1CCN3CCCC13)CCCC2O. The number of aliphatic hydroxyl groups is 1. The smallest absolute Gasteiger partial charge is 0.0807 e. The summed E-state index contributed by atoms with van der Waals surface area (Å²) in [4.78, 5) is 2.68. The molecule has 19 heavy (non-hydrogen) atoms. The van der Waals surface area contributed by atoms with Crippen LogP contribution in [0.2, 0.25) is 0 Å². The van der Waals surface area contributed by atoms with Gasteiger partial charge in [-0.05, 0) is 58.1 Å². The van der Waals surface area contributed by atoms with Gasteiger partial charge in [0.25, 0.3) is 0 Å². The van der Waals surface area contributed by atoms with Crippen molar-refractivity contribution < 1.29 is 5.11 Å². The van der Waals surface area contributed by atoms with Crippen LogP contribution in [0.5, 0.6) is 0 Å². The van der Waals surface area contributed by atoms with Gasteiger partial charge < -0.3 is 9.67 Å². The molecule has 0 aromatic carbocycles. The molecule has 2 aliphatic heterocycles. The number of rotatable bonds is 1. The van der Waals surface area contributed by atoms with Gasteiger partial charge in [0.05, 0.1) is 12.1 Å². The van der Waals surface area contributed by atoms with E-state index in [4.69, 9.17) is 0 Å². The Bertz CT molecular complexity index is 493. The van der Waals surface area contributed by atoms with Crippen LogP contribution < -0.4 is 0 Å². The molecule has 1 aliphatic carbocycles. The highest BCUT2D eigenvalue weighted by Crippen LogP contribution is 2.41. The van der Waals surface area contributed by atoms with Crippen LogP contribution in [0.25, 0.3) is 0 Å². The summed E-state index contributed by atoms with van der Waals surface area (Å²) in [6.07, 6.45) is 7.04. The summed E-state index contributed by atoms with van der Waals surface area (Å²) in [6, 6.07) is 3.67. The molecule has 1 aromatic rings. The fourth-order valence-electron chi connectivity index (χ4n) is 4.72. The van der Waals surface area contributed by atoms with Crippen LogP contribution in [0.3, 0.4) is 0 Å². The maximum atomic E-state index is 10.2. The Labute approximate surface area is 115 Å². The van der Waals surface area contributed by atoms with Crippen LogP contribution in [0, 0.1) is 6.92 Å². The molecular formula is C16H24N2O. The first-order valence-electron chi connectivity index (χ1n) is 7.88.